The summed E-state index contributed by atoms with van der Waals surface area (Å²) in [6.07, 6.45) is 0. The molecule has 4 rings (SSSR count). The zero-order chi connectivity index (χ0) is 17.2. The molecule has 0 bridgehead atoms. The van der Waals surface area contributed by atoms with Crippen molar-refractivity contribution in [3.05, 3.63) is 94.5 Å². The first kappa shape index (κ1) is 15.7. The fraction of sp³-hybridized carbons (Fsp3) is 0.0952. The van der Waals surface area contributed by atoms with Crippen molar-refractivity contribution in [1.29, 1.82) is 0 Å². The average molecular weight is 351 g/mol. The molecular formula is C21H15ClO3. The highest BCUT2D eigenvalue weighted by atomic mass is 35.5. The van der Waals surface area contributed by atoms with Crippen LogP contribution in [0.5, 0.6) is 11.5 Å². The van der Waals surface area contributed by atoms with Crippen LogP contribution in [0.15, 0.2) is 72.8 Å². The molecule has 25 heavy (non-hydrogen) atoms. The maximum absolute atomic E-state index is 12.9. The van der Waals surface area contributed by atoms with Gasteiger partial charge in [-0.05, 0) is 29.8 Å². The summed E-state index contributed by atoms with van der Waals surface area (Å²) in [7, 11) is 0. The number of rotatable bonds is 3. The van der Waals surface area contributed by atoms with E-state index in [4.69, 9.17) is 21.1 Å². The summed E-state index contributed by atoms with van der Waals surface area (Å²) in [5.74, 6) is 0.570. The third-order valence-electron chi connectivity index (χ3n) is 4.19. The molecule has 0 unspecified atom stereocenters. The summed E-state index contributed by atoms with van der Waals surface area (Å²) in [5, 5.41) is 0.621. The summed E-state index contributed by atoms with van der Waals surface area (Å²) in [6.45, 7) is 0.182. The molecule has 124 valence electrons. The Kier molecular flexibility index (Phi) is 4.16. The van der Waals surface area contributed by atoms with Gasteiger partial charge in [0.05, 0.1) is 0 Å². The maximum atomic E-state index is 12.9. The van der Waals surface area contributed by atoms with Crippen LogP contribution in [0.3, 0.4) is 0 Å². The minimum Gasteiger partial charge on any atom is -0.460 e. The van der Waals surface area contributed by atoms with Gasteiger partial charge in [0.15, 0.2) is 0 Å². The van der Waals surface area contributed by atoms with Crippen LogP contribution in [0.2, 0.25) is 5.02 Å². The van der Waals surface area contributed by atoms with E-state index >= 15 is 0 Å². The van der Waals surface area contributed by atoms with Crippen molar-refractivity contribution in [3.8, 4) is 11.5 Å². The second-order valence-electron chi connectivity index (χ2n) is 5.85. The molecule has 0 saturated heterocycles. The summed E-state index contributed by atoms with van der Waals surface area (Å²) >= 11 is 5.99. The molecule has 0 radical (unpaired) electrons. The number of hydrogen-bond donors (Lipinski definition) is 0. The summed E-state index contributed by atoms with van der Waals surface area (Å²) < 4.78 is 11.5. The predicted molar refractivity (Wildman–Crippen MR) is 96.0 cm³/mol. The van der Waals surface area contributed by atoms with Crippen molar-refractivity contribution < 1.29 is 14.3 Å². The molecule has 1 aliphatic rings. The molecule has 1 aliphatic heterocycles. The Morgan fingerprint density at radius 2 is 1.56 bits per heavy atom. The lowest BCUT2D eigenvalue weighted by Crippen LogP contribution is -2.21. The van der Waals surface area contributed by atoms with E-state index in [9.17, 15) is 4.79 Å². The summed E-state index contributed by atoms with van der Waals surface area (Å²) in [4.78, 5) is 12.9. The fourth-order valence-corrected chi connectivity index (χ4v) is 3.24. The average Bonchev–Trinajstić information content (AvgIpc) is 2.64. The third-order valence-corrected chi connectivity index (χ3v) is 4.42. The van der Waals surface area contributed by atoms with Gasteiger partial charge in [0, 0.05) is 16.1 Å². The smallest absolute Gasteiger partial charge is 0.318 e. The van der Waals surface area contributed by atoms with Gasteiger partial charge in [0.2, 0.25) is 0 Å². The molecular weight excluding hydrogens is 336 g/mol. The second kappa shape index (κ2) is 6.61. The Morgan fingerprint density at radius 1 is 0.920 bits per heavy atom. The highest BCUT2D eigenvalue weighted by molar-refractivity contribution is 6.30. The van der Waals surface area contributed by atoms with E-state index in [1.54, 1.807) is 12.1 Å². The van der Waals surface area contributed by atoms with Crippen LogP contribution in [0.25, 0.3) is 0 Å². The van der Waals surface area contributed by atoms with Crippen LogP contribution < -0.4 is 4.74 Å². The Morgan fingerprint density at radius 3 is 2.20 bits per heavy atom. The molecule has 0 fully saturated rings. The third kappa shape index (κ3) is 3.11. The van der Waals surface area contributed by atoms with Crippen LogP contribution in [0.1, 0.15) is 22.6 Å². The number of para-hydroxylation sites is 2. The number of halogens is 1. The summed E-state index contributed by atoms with van der Waals surface area (Å²) in [5.41, 5.74) is 2.49. The van der Waals surface area contributed by atoms with Crippen LogP contribution >= 0.6 is 11.6 Å². The monoisotopic (exact) mass is 350 g/mol. The summed E-state index contributed by atoms with van der Waals surface area (Å²) in [6, 6.07) is 22.4. The van der Waals surface area contributed by atoms with Gasteiger partial charge >= 0.3 is 5.97 Å². The molecule has 3 nitrogen and oxygen atoms in total. The molecule has 0 aromatic heterocycles. The lowest BCUT2D eigenvalue weighted by molar-refractivity contribution is -0.145. The normalized spacial score (nSPS) is 12.7. The Balaban J connectivity index is 1.64. The van der Waals surface area contributed by atoms with Gasteiger partial charge in [-0.2, -0.15) is 0 Å². The maximum Gasteiger partial charge on any atom is 0.318 e. The zero-order valence-corrected chi connectivity index (χ0v) is 14.1. The number of benzene rings is 3. The molecule has 0 saturated carbocycles. The number of esters is 1. The first-order chi connectivity index (χ1) is 12.2. The number of ether oxygens (including phenoxy) is 2. The van der Waals surface area contributed by atoms with E-state index in [0.29, 0.717) is 16.5 Å². The van der Waals surface area contributed by atoms with E-state index < -0.39 is 5.92 Å². The van der Waals surface area contributed by atoms with E-state index in [1.165, 1.54) is 0 Å². The van der Waals surface area contributed by atoms with Crippen molar-refractivity contribution in [2.24, 2.45) is 0 Å². The largest absolute Gasteiger partial charge is 0.460 e. The van der Waals surface area contributed by atoms with E-state index in [2.05, 4.69) is 0 Å². The second-order valence-corrected chi connectivity index (χ2v) is 6.28. The quantitative estimate of drug-likeness (QED) is 0.599. The van der Waals surface area contributed by atoms with E-state index in [0.717, 1.165) is 16.7 Å². The molecule has 1 heterocycles. The Hall–Kier alpha value is -2.78. The predicted octanol–water partition coefficient (Wildman–Crippen LogP) is 5.32. The topological polar surface area (TPSA) is 35.5 Å². The highest BCUT2D eigenvalue weighted by Gasteiger charge is 2.33. The number of carbonyl (C=O) groups excluding carboxylic acids is 1. The first-order valence-electron chi connectivity index (χ1n) is 7.99. The van der Waals surface area contributed by atoms with Gasteiger partial charge < -0.3 is 9.47 Å². The van der Waals surface area contributed by atoms with Gasteiger partial charge in [-0.25, -0.2) is 0 Å². The molecule has 0 aliphatic carbocycles. The number of fused-ring (bicyclic) bond motifs is 2. The lowest BCUT2D eigenvalue weighted by atomic mass is 9.88. The minimum absolute atomic E-state index is 0.182. The van der Waals surface area contributed by atoms with Gasteiger partial charge in [0.1, 0.15) is 24.0 Å². The standard InChI is InChI=1S/C21H15ClO3/c22-15-7-5-6-14(12-15)13-24-21(23)20-16-8-1-3-10-18(16)25-19-11-4-2-9-17(19)20/h1-12,20H,13H2. The molecule has 3 aromatic carbocycles. The lowest BCUT2D eigenvalue weighted by Gasteiger charge is -2.26. The van der Waals surface area contributed by atoms with E-state index in [-0.39, 0.29) is 12.6 Å². The molecule has 3 aromatic rings. The molecule has 0 N–H and O–H groups in total. The van der Waals surface area contributed by atoms with Gasteiger partial charge in [0.25, 0.3) is 0 Å². The van der Waals surface area contributed by atoms with E-state index in [1.807, 2.05) is 60.7 Å². The van der Waals surface area contributed by atoms with Crippen LogP contribution in [-0.4, -0.2) is 5.97 Å². The van der Waals surface area contributed by atoms with Gasteiger partial charge in [-0.15, -0.1) is 0 Å². The number of hydrogen-bond acceptors (Lipinski definition) is 3. The van der Waals surface area contributed by atoms with Crippen LogP contribution in [0.4, 0.5) is 0 Å². The van der Waals surface area contributed by atoms with Crippen LogP contribution in [0, 0.1) is 0 Å². The van der Waals surface area contributed by atoms with Gasteiger partial charge in [-0.1, -0.05) is 60.1 Å². The minimum atomic E-state index is -0.500. The molecule has 4 heteroatoms. The van der Waals surface area contributed by atoms with Crippen molar-refractivity contribution in [3.63, 3.8) is 0 Å². The van der Waals surface area contributed by atoms with Crippen molar-refractivity contribution >= 4 is 17.6 Å². The molecule has 0 spiro atoms. The first-order valence-corrected chi connectivity index (χ1v) is 8.37. The van der Waals surface area contributed by atoms with Gasteiger partial charge in [-0.3, -0.25) is 4.79 Å². The SMILES string of the molecule is O=C(OCc1cccc(Cl)c1)C1c2ccccc2Oc2ccccc21. The highest BCUT2D eigenvalue weighted by Crippen LogP contribution is 2.44. The Bertz CT molecular complexity index is 890. The zero-order valence-electron chi connectivity index (χ0n) is 13.3. The molecule has 0 amide bonds. The Labute approximate surface area is 150 Å². The molecule has 0 atom stereocenters. The number of carbonyl (C=O) groups is 1. The van der Waals surface area contributed by atoms with Crippen molar-refractivity contribution in [2.45, 2.75) is 12.5 Å². The van der Waals surface area contributed by atoms with Crippen LogP contribution in [-0.2, 0) is 16.1 Å². The van der Waals surface area contributed by atoms with Crippen molar-refractivity contribution in [1.82, 2.24) is 0 Å². The van der Waals surface area contributed by atoms with Crippen molar-refractivity contribution in [2.75, 3.05) is 0 Å². The fourth-order valence-electron chi connectivity index (χ4n) is 3.03.